The molecule has 0 aromatic heterocycles. The van der Waals surface area contributed by atoms with Gasteiger partial charge in [0, 0.05) is 31.6 Å². The topological polar surface area (TPSA) is 87.2 Å². The molecule has 0 spiro atoms. The van der Waals surface area contributed by atoms with Crippen LogP contribution in [0.25, 0.3) is 0 Å². The average molecular weight is 375 g/mol. The summed E-state index contributed by atoms with van der Waals surface area (Å²) in [5.41, 5.74) is -0.215. The van der Waals surface area contributed by atoms with Crippen LogP contribution < -0.4 is 0 Å². The van der Waals surface area contributed by atoms with Crippen molar-refractivity contribution in [2.24, 2.45) is 5.92 Å². The molecule has 0 unspecified atom stereocenters. The van der Waals surface area contributed by atoms with E-state index in [1.807, 2.05) is 7.05 Å². The average Bonchev–Trinajstić information content (AvgIpc) is 2.75. The first-order valence-electron chi connectivity index (χ1n) is 7.60. The fraction of sp³-hybridized carbons (Fsp3) is 0.533. The van der Waals surface area contributed by atoms with E-state index >= 15 is 0 Å². The molecule has 2 aliphatic heterocycles. The fourth-order valence-corrected chi connectivity index (χ4v) is 4.96. The lowest BCUT2D eigenvalue weighted by Gasteiger charge is -2.29. The third-order valence-electron chi connectivity index (χ3n) is 4.52. The Balaban J connectivity index is 1.96. The van der Waals surface area contributed by atoms with Gasteiger partial charge in [0.25, 0.3) is 0 Å². The smallest absolute Gasteiger partial charge is 0.337 e. The molecule has 7 nitrogen and oxygen atoms in total. The highest BCUT2D eigenvalue weighted by Gasteiger charge is 2.37. The summed E-state index contributed by atoms with van der Waals surface area (Å²) in [6.07, 6.45) is 0. The SMILES string of the molecule is CN1C[C@H]2COC[C@@H]1CN(S(=O)(=O)c1ccc(Cl)c(C(=O)O)c1)C2. The van der Waals surface area contributed by atoms with Crippen LogP contribution in [0.4, 0.5) is 0 Å². The Morgan fingerprint density at radius 1 is 1.29 bits per heavy atom. The van der Waals surface area contributed by atoms with Gasteiger partial charge in [-0.05, 0) is 25.2 Å². The van der Waals surface area contributed by atoms with Crippen LogP contribution in [0.15, 0.2) is 23.1 Å². The first-order valence-corrected chi connectivity index (χ1v) is 9.42. The van der Waals surface area contributed by atoms with Crippen molar-refractivity contribution >= 4 is 27.6 Å². The van der Waals surface area contributed by atoms with Gasteiger partial charge in [-0.25, -0.2) is 13.2 Å². The van der Waals surface area contributed by atoms with Crippen LogP contribution in [0.5, 0.6) is 0 Å². The molecular formula is C15H19ClN2O5S. The fourth-order valence-electron chi connectivity index (χ4n) is 3.18. The Hall–Kier alpha value is -1.19. The predicted molar refractivity (Wildman–Crippen MR) is 87.9 cm³/mol. The minimum Gasteiger partial charge on any atom is -0.478 e. The standard InChI is InChI=1S/C15H19ClN2O5S/c1-17-5-10-6-18(7-11(17)9-23-8-10)24(21,22)12-2-3-14(16)13(4-12)15(19)20/h2-4,10-11H,5-9H2,1H3,(H,19,20)/t10-,11+/m1/s1. The minimum absolute atomic E-state index is 0.0153. The van der Waals surface area contributed by atoms with Gasteiger partial charge < -0.3 is 9.84 Å². The maximum Gasteiger partial charge on any atom is 0.337 e. The Morgan fingerprint density at radius 3 is 2.75 bits per heavy atom. The third-order valence-corrected chi connectivity index (χ3v) is 6.67. The number of aromatic carboxylic acids is 1. The molecule has 9 heteroatoms. The highest BCUT2D eigenvalue weighted by atomic mass is 35.5. The summed E-state index contributed by atoms with van der Waals surface area (Å²) >= 11 is 5.84. The van der Waals surface area contributed by atoms with Crippen LogP contribution in [0.2, 0.25) is 5.02 Å². The molecule has 0 aliphatic carbocycles. The predicted octanol–water partition coefficient (Wildman–Crippen LogP) is 0.989. The molecule has 2 aliphatic rings. The molecule has 2 bridgehead atoms. The van der Waals surface area contributed by atoms with Gasteiger partial charge in [-0.3, -0.25) is 4.90 Å². The number of rotatable bonds is 3. The summed E-state index contributed by atoms with van der Waals surface area (Å²) in [7, 11) is -1.83. The molecule has 1 aromatic rings. The number of benzene rings is 1. The minimum atomic E-state index is -3.79. The Bertz CT molecular complexity index is 754. The van der Waals surface area contributed by atoms with Crippen LogP contribution >= 0.6 is 11.6 Å². The van der Waals surface area contributed by atoms with Gasteiger partial charge in [0.05, 0.1) is 28.7 Å². The number of hydrogen-bond donors (Lipinski definition) is 1. The second-order valence-corrected chi connectivity index (χ2v) is 8.61. The Kier molecular flexibility index (Phi) is 4.85. The summed E-state index contributed by atoms with van der Waals surface area (Å²) in [5, 5.41) is 9.18. The Morgan fingerprint density at radius 2 is 2.04 bits per heavy atom. The van der Waals surface area contributed by atoms with E-state index < -0.39 is 16.0 Å². The van der Waals surface area contributed by atoms with Crippen LogP contribution in [0.3, 0.4) is 0 Å². The van der Waals surface area contributed by atoms with E-state index in [0.29, 0.717) is 26.3 Å². The number of hydrogen-bond acceptors (Lipinski definition) is 5. The maximum atomic E-state index is 13.0. The molecule has 0 radical (unpaired) electrons. The van der Waals surface area contributed by atoms with E-state index in [-0.39, 0.29) is 27.4 Å². The number of likely N-dealkylation sites (N-methyl/N-ethyl adjacent to an activating group) is 1. The lowest BCUT2D eigenvalue weighted by atomic mass is 10.1. The summed E-state index contributed by atoms with van der Waals surface area (Å²) in [5.74, 6) is -1.17. The van der Waals surface area contributed by atoms with E-state index in [9.17, 15) is 13.2 Å². The third kappa shape index (κ3) is 3.29. The zero-order chi connectivity index (χ0) is 17.5. The molecule has 0 saturated carbocycles. The lowest BCUT2D eigenvalue weighted by Crippen LogP contribution is -2.44. The zero-order valence-corrected chi connectivity index (χ0v) is 14.8. The van der Waals surface area contributed by atoms with Gasteiger partial charge in [0.15, 0.2) is 0 Å². The van der Waals surface area contributed by atoms with Crippen molar-refractivity contribution < 1.29 is 23.1 Å². The molecule has 1 N–H and O–H groups in total. The number of carboxylic acids is 1. The van der Waals surface area contributed by atoms with Gasteiger partial charge in [0.1, 0.15) is 0 Å². The monoisotopic (exact) mass is 374 g/mol. The first-order chi connectivity index (χ1) is 11.3. The number of fused-ring (bicyclic) bond motifs is 3. The van der Waals surface area contributed by atoms with Crippen molar-refractivity contribution in [1.29, 1.82) is 0 Å². The van der Waals surface area contributed by atoms with Gasteiger partial charge in [0.2, 0.25) is 10.0 Å². The Labute approximate surface area is 145 Å². The number of nitrogens with zero attached hydrogens (tertiary/aromatic N) is 2. The normalized spacial score (nSPS) is 26.1. The first kappa shape index (κ1) is 17.6. The van der Waals surface area contributed by atoms with Gasteiger partial charge >= 0.3 is 5.97 Å². The summed E-state index contributed by atoms with van der Waals surface area (Å²) in [4.78, 5) is 13.3. The second-order valence-electron chi connectivity index (χ2n) is 6.27. The number of ether oxygens (including phenoxy) is 1. The van der Waals surface area contributed by atoms with E-state index in [1.165, 1.54) is 16.4 Å². The molecule has 24 heavy (non-hydrogen) atoms. The van der Waals surface area contributed by atoms with E-state index in [2.05, 4.69) is 4.90 Å². The number of carbonyl (C=O) groups is 1. The second kappa shape index (κ2) is 6.61. The summed E-state index contributed by atoms with van der Waals surface area (Å²) in [6, 6.07) is 3.77. The summed E-state index contributed by atoms with van der Waals surface area (Å²) < 4.78 is 33.0. The van der Waals surface area contributed by atoms with Crippen LogP contribution in [-0.2, 0) is 14.8 Å². The number of sulfonamides is 1. The molecular weight excluding hydrogens is 356 g/mol. The molecule has 3 rings (SSSR count). The molecule has 2 saturated heterocycles. The highest BCUT2D eigenvalue weighted by molar-refractivity contribution is 7.89. The lowest BCUT2D eigenvalue weighted by molar-refractivity contribution is 0.0697. The summed E-state index contributed by atoms with van der Waals surface area (Å²) in [6.45, 7) is 2.46. The maximum absolute atomic E-state index is 13.0. The van der Waals surface area contributed by atoms with Crippen molar-refractivity contribution in [2.75, 3.05) is 39.9 Å². The van der Waals surface area contributed by atoms with Crippen LogP contribution in [-0.4, -0.2) is 74.6 Å². The molecule has 132 valence electrons. The largest absolute Gasteiger partial charge is 0.478 e. The number of carboxylic acid groups (broad SMARTS) is 1. The molecule has 1 aromatic carbocycles. The van der Waals surface area contributed by atoms with E-state index in [0.717, 1.165) is 12.6 Å². The van der Waals surface area contributed by atoms with Gasteiger partial charge in [-0.2, -0.15) is 4.31 Å². The van der Waals surface area contributed by atoms with Crippen LogP contribution in [0.1, 0.15) is 10.4 Å². The van der Waals surface area contributed by atoms with Crippen molar-refractivity contribution in [1.82, 2.24) is 9.21 Å². The van der Waals surface area contributed by atoms with Crippen molar-refractivity contribution in [3.63, 3.8) is 0 Å². The van der Waals surface area contributed by atoms with E-state index in [4.69, 9.17) is 21.4 Å². The van der Waals surface area contributed by atoms with Crippen LogP contribution in [0, 0.1) is 5.92 Å². The molecule has 2 fully saturated rings. The molecule has 0 amide bonds. The molecule has 2 heterocycles. The van der Waals surface area contributed by atoms with Gasteiger partial charge in [-0.1, -0.05) is 11.6 Å². The highest BCUT2D eigenvalue weighted by Crippen LogP contribution is 2.27. The van der Waals surface area contributed by atoms with Crippen molar-refractivity contribution in [3.05, 3.63) is 28.8 Å². The van der Waals surface area contributed by atoms with Gasteiger partial charge in [-0.15, -0.1) is 0 Å². The zero-order valence-electron chi connectivity index (χ0n) is 13.2. The van der Waals surface area contributed by atoms with E-state index in [1.54, 1.807) is 0 Å². The quantitative estimate of drug-likeness (QED) is 0.849. The van der Waals surface area contributed by atoms with Crippen molar-refractivity contribution in [2.45, 2.75) is 10.9 Å². The van der Waals surface area contributed by atoms with Crippen molar-refractivity contribution in [3.8, 4) is 0 Å². The molecule has 2 atom stereocenters. The number of halogens is 1.